The molecule has 2 rings (SSSR count). The van der Waals surface area contributed by atoms with Crippen LogP contribution in [0.1, 0.15) is 35.7 Å². The van der Waals surface area contributed by atoms with Crippen LogP contribution >= 0.6 is 0 Å². The monoisotopic (exact) mass is 276 g/mol. The normalized spacial score (nSPS) is 16.2. The van der Waals surface area contributed by atoms with Crippen molar-refractivity contribution in [1.82, 2.24) is 10.2 Å². The van der Waals surface area contributed by atoms with Gasteiger partial charge < -0.3 is 10.1 Å². The number of rotatable bonds is 7. The van der Waals surface area contributed by atoms with Gasteiger partial charge in [-0.3, -0.25) is 4.90 Å². The highest BCUT2D eigenvalue weighted by Crippen LogP contribution is 2.26. The number of methoxy groups -OCH3 is 1. The summed E-state index contributed by atoms with van der Waals surface area (Å²) in [6.07, 6.45) is 2.69. The molecule has 0 spiro atoms. The van der Waals surface area contributed by atoms with Crippen molar-refractivity contribution in [2.75, 3.05) is 20.7 Å². The van der Waals surface area contributed by atoms with E-state index in [1.54, 1.807) is 0 Å². The molecule has 0 saturated heterocycles. The molecule has 0 aliphatic heterocycles. The smallest absolute Gasteiger partial charge is 0.337 e. The van der Waals surface area contributed by atoms with Gasteiger partial charge in [0.25, 0.3) is 0 Å². The molecular weight excluding hydrogens is 252 g/mol. The number of likely N-dealkylation sites (N-methyl/N-ethyl adjacent to an activating group) is 1. The van der Waals surface area contributed by atoms with Crippen molar-refractivity contribution in [2.45, 2.75) is 38.4 Å². The molecule has 0 heterocycles. The van der Waals surface area contributed by atoms with Crippen molar-refractivity contribution in [3.63, 3.8) is 0 Å². The van der Waals surface area contributed by atoms with Gasteiger partial charge in [0.05, 0.1) is 12.7 Å². The minimum atomic E-state index is -0.288. The summed E-state index contributed by atoms with van der Waals surface area (Å²) in [5, 5.41) is 3.47. The highest BCUT2D eigenvalue weighted by Gasteiger charge is 2.28. The van der Waals surface area contributed by atoms with Crippen molar-refractivity contribution in [2.24, 2.45) is 0 Å². The second-order valence-electron chi connectivity index (χ2n) is 5.57. The maximum Gasteiger partial charge on any atom is 0.337 e. The predicted molar refractivity (Wildman–Crippen MR) is 79.7 cm³/mol. The van der Waals surface area contributed by atoms with E-state index in [4.69, 9.17) is 0 Å². The van der Waals surface area contributed by atoms with Gasteiger partial charge in [-0.25, -0.2) is 4.79 Å². The zero-order chi connectivity index (χ0) is 14.5. The van der Waals surface area contributed by atoms with Crippen LogP contribution in [0.3, 0.4) is 0 Å². The number of carbonyl (C=O) groups excluding carboxylic acids is 1. The van der Waals surface area contributed by atoms with Gasteiger partial charge >= 0.3 is 5.97 Å². The summed E-state index contributed by atoms with van der Waals surface area (Å²) in [7, 11) is 3.60. The molecule has 0 bridgehead atoms. The molecule has 1 aromatic carbocycles. The Kier molecular flexibility index (Phi) is 5.15. The van der Waals surface area contributed by atoms with E-state index < -0.39 is 0 Å². The fourth-order valence-electron chi connectivity index (χ4n) is 2.29. The minimum Gasteiger partial charge on any atom is -0.465 e. The van der Waals surface area contributed by atoms with E-state index in [-0.39, 0.29) is 5.97 Å². The van der Waals surface area contributed by atoms with Crippen LogP contribution in [0.5, 0.6) is 0 Å². The van der Waals surface area contributed by atoms with Gasteiger partial charge in [-0.05, 0) is 44.5 Å². The van der Waals surface area contributed by atoms with E-state index in [2.05, 4.69) is 28.9 Å². The number of nitrogens with one attached hydrogen (secondary N) is 1. The average Bonchev–Trinajstić information content (AvgIpc) is 3.31. The molecule has 0 radical (unpaired) electrons. The van der Waals surface area contributed by atoms with Crippen LogP contribution in [-0.4, -0.2) is 43.7 Å². The molecule has 4 nitrogen and oxygen atoms in total. The Hall–Kier alpha value is -1.39. The third-order valence-corrected chi connectivity index (χ3v) is 3.96. The van der Waals surface area contributed by atoms with Crippen LogP contribution in [0.4, 0.5) is 0 Å². The molecule has 20 heavy (non-hydrogen) atoms. The molecule has 1 unspecified atom stereocenters. The molecule has 0 amide bonds. The quantitative estimate of drug-likeness (QED) is 0.774. The predicted octanol–water partition coefficient (Wildman–Crippen LogP) is 2.05. The summed E-state index contributed by atoms with van der Waals surface area (Å²) in [5.41, 5.74) is 1.78. The van der Waals surface area contributed by atoms with E-state index in [1.165, 1.54) is 25.5 Å². The zero-order valence-corrected chi connectivity index (χ0v) is 12.6. The maximum absolute atomic E-state index is 11.3. The molecule has 1 fully saturated rings. The summed E-state index contributed by atoms with van der Waals surface area (Å²) in [6.45, 7) is 4.06. The maximum atomic E-state index is 11.3. The molecule has 1 aliphatic rings. The van der Waals surface area contributed by atoms with Crippen LogP contribution < -0.4 is 5.32 Å². The molecule has 110 valence electrons. The number of hydrogen-bond acceptors (Lipinski definition) is 4. The first-order valence-electron chi connectivity index (χ1n) is 7.21. The van der Waals surface area contributed by atoms with Crippen LogP contribution in [-0.2, 0) is 11.3 Å². The molecule has 4 heteroatoms. The molecule has 1 aliphatic carbocycles. The number of ether oxygens (including phenoxy) is 1. The molecule has 0 aromatic heterocycles. The second-order valence-corrected chi connectivity index (χ2v) is 5.57. The standard InChI is InChI=1S/C16H24N2O2/c1-12(18(2)15-8-9-15)10-17-11-13-4-6-14(7-5-13)16(19)20-3/h4-7,12,15,17H,8-11H2,1-3H3. The fourth-order valence-corrected chi connectivity index (χ4v) is 2.29. The van der Waals surface area contributed by atoms with Gasteiger partial charge in [-0.1, -0.05) is 12.1 Å². The van der Waals surface area contributed by atoms with Crippen LogP contribution in [0, 0.1) is 0 Å². The lowest BCUT2D eigenvalue weighted by atomic mass is 10.1. The first kappa shape index (κ1) is 15.0. The van der Waals surface area contributed by atoms with E-state index in [1.807, 2.05) is 24.3 Å². The lowest BCUT2D eigenvalue weighted by Crippen LogP contribution is -2.38. The summed E-state index contributed by atoms with van der Waals surface area (Å²) < 4.78 is 4.68. The Bertz CT molecular complexity index is 440. The Morgan fingerprint density at radius 1 is 1.40 bits per heavy atom. The third-order valence-electron chi connectivity index (χ3n) is 3.96. The van der Waals surface area contributed by atoms with E-state index in [0.717, 1.165) is 19.1 Å². The van der Waals surface area contributed by atoms with Crippen molar-refractivity contribution in [1.29, 1.82) is 0 Å². The summed E-state index contributed by atoms with van der Waals surface area (Å²) in [4.78, 5) is 13.8. The van der Waals surface area contributed by atoms with Gasteiger partial charge in [0.1, 0.15) is 0 Å². The summed E-state index contributed by atoms with van der Waals surface area (Å²) in [5.74, 6) is -0.288. The third kappa shape index (κ3) is 4.05. The lowest BCUT2D eigenvalue weighted by Gasteiger charge is -2.24. The molecule has 1 aromatic rings. The molecule has 1 atom stereocenters. The van der Waals surface area contributed by atoms with Gasteiger partial charge in [-0.2, -0.15) is 0 Å². The highest BCUT2D eigenvalue weighted by atomic mass is 16.5. The molecule has 1 saturated carbocycles. The number of hydrogen-bond donors (Lipinski definition) is 1. The molecular formula is C16H24N2O2. The van der Waals surface area contributed by atoms with Crippen molar-refractivity contribution in [3.8, 4) is 0 Å². The second kappa shape index (κ2) is 6.86. The summed E-state index contributed by atoms with van der Waals surface area (Å²) in [6, 6.07) is 8.90. The molecule has 1 N–H and O–H groups in total. The lowest BCUT2D eigenvalue weighted by molar-refractivity contribution is 0.0600. The van der Waals surface area contributed by atoms with Gasteiger partial charge in [0.2, 0.25) is 0 Å². The van der Waals surface area contributed by atoms with Gasteiger partial charge in [0.15, 0.2) is 0 Å². The number of carbonyl (C=O) groups is 1. The number of esters is 1. The first-order chi connectivity index (χ1) is 9.61. The van der Waals surface area contributed by atoms with Crippen molar-refractivity contribution in [3.05, 3.63) is 35.4 Å². The van der Waals surface area contributed by atoms with Crippen LogP contribution in [0.2, 0.25) is 0 Å². The van der Waals surface area contributed by atoms with Crippen LogP contribution in [0.15, 0.2) is 24.3 Å². The SMILES string of the molecule is COC(=O)c1ccc(CNCC(C)N(C)C2CC2)cc1. The largest absolute Gasteiger partial charge is 0.465 e. The number of benzene rings is 1. The van der Waals surface area contributed by atoms with Crippen molar-refractivity contribution < 1.29 is 9.53 Å². The van der Waals surface area contributed by atoms with E-state index in [9.17, 15) is 4.79 Å². The van der Waals surface area contributed by atoms with E-state index >= 15 is 0 Å². The van der Waals surface area contributed by atoms with Crippen LogP contribution in [0.25, 0.3) is 0 Å². The minimum absolute atomic E-state index is 0.288. The Balaban J connectivity index is 1.74. The fraction of sp³-hybridized carbons (Fsp3) is 0.562. The highest BCUT2D eigenvalue weighted by molar-refractivity contribution is 5.89. The number of nitrogens with zero attached hydrogens (tertiary/aromatic N) is 1. The zero-order valence-electron chi connectivity index (χ0n) is 12.6. The van der Waals surface area contributed by atoms with Crippen molar-refractivity contribution >= 4 is 5.97 Å². The topological polar surface area (TPSA) is 41.6 Å². The average molecular weight is 276 g/mol. The Morgan fingerprint density at radius 2 is 2.05 bits per heavy atom. The Labute approximate surface area is 121 Å². The first-order valence-corrected chi connectivity index (χ1v) is 7.21. The Morgan fingerprint density at radius 3 is 2.60 bits per heavy atom. The summed E-state index contributed by atoms with van der Waals surface area (Å²) >= 11 is 0. The van der Waals surface area contributed by atoms with Gasteiger partial charge in [-0.15, -0.1) is 0 Å². The van der Waals surface area contributed by atoms with Gasteiger partial charge in [0, 0.05) is 25.2 Å². The van der Waals surface area contributed by atoms with E-state index in [0.29, 0.717) is 11.6 Å².